The monoisotopic (exact) mass is 224 g/mol. The lowest BCUT2D eigenvalue weighted by molar-refractivity contribution is 0.208. The van der Waals surface area contributed by atoms with E-state index in [1.54, 1.807) is 0 Å². The van der Waals surface area contributed by atoms with Gasteiger partial charge in [0.1, 0.15) is 0 Å². The van der Waals surface area contributed by atoms with Crippen LogP contribution in [-0.4, -0.2) is 0 Å². The molecule has 0 heteroatoms. The molecular formula is C16H32. The third-order valence-electron chi connectivity index (χ3n) is 4.07. The lowest BCUT2D eigenvalue weighted by atomic mass is 9.75. The van der Waals surface area contributed by atoms with Gasteiger partial charge >= 0.3 is 0 Å². The van der Waals surface area contributed by atoms with E-state index < -0.39 is 0 Å². The third-order valence-corrected chi connectivity index (χ3v) is 4.07. The Balaban J connectivity index is 4.00. The Kier molecular flexibility index (Phi) is 7.80. The maximum Gasteiger partial charge on any atom is -0.0265 e. The Hall–Kier alpha value is -0.260. The van der Waals surface area contributed by atoms with E-state index in [9.17, 15) is 0 Å². The predicted molar refractivity (Wildman–Crippen MR) is 75.7 cm³/mol. The van der Waals surface area contributed by atoms with E-state index in [0.29, 0.717) is 11.3 Å². The van der Waals surface area contributed by atoms with Crippen LogP contribution in [0.4, 0.5) is 0 Å². The second-order valence-corrected chi connectivity index (χ2v) is 6.01. The Morgan fingerprint density at radius 3 is 2.25 bits per heavy atom. The molecular weight excluding hydrogens is 192 g/mol. The van der Waals surface area contributed by atoms with Gasteiger partial charge in [0.15, 0.2) is 0 Å². The third kappa shape index (κ3) is 6.35. The summed E-state index contributed by atoms with van der Waals surface area (Å²) in [5.74, 6) is 1.54. The SMILES string of the molecule is C=CC(C)CCC(C)CC(C)(CC)CCC. The van der Waals surface area contributed by atoms with E-state index >= 15 is 0 Å². The maximum absolute atomic E-state index is 3.86. The molecule has 0 aromatic rings. The molecule has 0 rings (SSSR count). The second kappa shape index (κ2) is 7.92. The standard InChI is InChI=1S/C16H32/c1-7-12-16(6,9-3)13-15(5)11-10-14(4)8-2/h8,14-15H,2,7,9-13H2,1,3-6H3. The summed E-state index contributed by atoms with van der Waals surface area (Å²) in [6.07, 6.45) is 10.1. The van der Waals surface area contributed by atoms with E-state index in [1.807, 2.05) is 0 Å². The van der Waals surface area contributed by atoms with Gasteiger partial charge in [0.25, 0.3) is 0 Å². The molecule has 0 aliphatic heterocycles. The number of hydrogen-bond acceptors (Lipinski definition) is 0. The largest absolute Gasteiger partial charge is 0.103 e. The van der Waals surface area contributed by atoms with E-state index in [4.69, 9.17) is 0 Å². The van der Waals surface area contributed by atoms with Crippen LogP contribution in [0.2, 0.25) is 0 Å². The van der Waals surface area contributed by atoms with Crippen molar-refractivity contribution in [1.29, 1.82) is 0 Å². The molecule has 0 radical (unpaired) electrons. The summed E-state index contributed by atoms with van der Waals surface area (Å²) in [6, 6.07) is 0. The molecule has 16 heavy (non-hydrogen) atoms. The normalized spacial score (nSPS) is 18.8. The highest BCUT2D eigenvalue weighted by Crippen LogP contribution is 2.36. The fourth-order valence-electron chi connectivity index (χ4n) is 2.64. The van der Waals surface area contributed by atoms with Crippen molar-refractivity contribution in [3.8, 4) is 0 Å². The first-order chi connectivity index (χ1) is 7.47. The summed E-state index contributed by atoms with van der Waals surface area (Å²) in [7, 11) is 0. The van der Waals surface area contributed by atoms with Crippen LogP contribution in [0.3, 0.4) is 0 Å². The summed E-state index contributed by atoms with van der Waals surface area (Å²) < 4.78 is 0. The zero-order valence-corrected chi connectivity index (χ0v) is 12.2. The van der Waals surface area contributed by atoms with Crippen molar-refractivity contribution in [1.82, 2.24) is 0 Å². The molecule has 0 amide bonds. The molecule has 0 aromatic carbocycles. The van der Waals surface area contributed by atoms with Gasteiger partial charge in [0.2, 0.25) is 0 Å². The molecule has 0 aliphatic rings. The quantitative estimate of drug-likeness (QED) is 0.432. The van der Waals surface area contributed by atoms with Crippen molar-refractivity contribution < 1.29 is 0 Å². The molecule has 0 spiro atoms. The van der Waals surface area contributed by atoms with Crippen molar-refractivity contribution in [2.75, 3.05) is 0 Å². The Morgan fingerprint density at radius 2 is 1.81 bits per heavy atom. The highest BCUT2D eigenvalue weighted by Gasteiger charge is 2.23. The van der Waals surface area contributed by atoms with Gasteiger partial charge in [0, 0.05) is 0 Å². The van der Waals surface area contributed by atoms with Gasteiger partial charge in [-0.05, 0) is 36.5 Å². The van der Waals surface area contributed by atoms with Gasteiger partial charge in [0.05, 0.1) is 0 Å². The Bertz CT molecular complexity index is 182. The molecule has 0 nitrogen and oxygen atoms in total. The molecule has 0 aliphatic carbocycles. The first-order valence-electron chi connectivity index (χ1n) is 7.10. The van der Waals surface area contributed by atoms with Crippen LogP contribution >= 0.6 is 0 Å². The van der Waals surface area contributed by atoms with Gasteiger partial charge in [-0.15, -0.1) is 6.58 Å². The van der Waals surface area contributed by atoms with Crippen LogP contribution in [0.5, 0.6) is 0 Å². The van der Waals surface area contributed by atoms with Crippen molar-refractivity contribution >= 4 is 0 Å². The van der Waals surface area contributed by atoms with Gasteiger partial charge in [-0.2, -0.15) is 0 Å². The predicted octanol–water partition coefficient (Wildman–Crippen LogP) is 5.83. The fraction of sp³-hybridized carbons (Fsp3) is 0.875. The minimum atomic E-state index is 0.575. The molecule has 0 heterocycles. The molecule has 0 N–H and O–H groups in total. The molecule has 96 valence electrons. The number of hydrogen-bond donors (Lipinski definition) is 0. The molecule has 0 fully saturated rings. The summed E-state index contributed by atoms with van der Waals surface area (Å²) in [5, 5.41) is 0. The molecule has 0 bridgehead atoms. The van der Waals surface area contributed by atoms with Crippen LogP contribution in [0, 0.1) is 17.3 Å². The molecule has 3 unspecified atom stereocenters. The summed E-state index contributed by atoms with van der Waals surface area (Å²) in [5.41, 5.74) is 0.575. The van der Waals surface area contributed by atoms with Crippen molar-refractivity contribution in [3.05, 3.63) is 12.7 Å². The van der Waals surface area contributed by atoms with Crippen molar-refractivity contribution in [2.24, 2.45) is 17.3 Å². The van der Waals surface area contributed by atoms with Crippen molar-refractivity contribution in [3.63, 3.8) is 0 Å². The summed E-state index contributed by atoms with van der Waals surface area (Å²) >= 11 is 0. The molecule has 0 aromatic heterocycles. The van der Waals surface area contributed by atoms with E-state index in [1.165, 1.54) is 38.5 Å². The Morgan fingerprint density at radius 1 is 1.19 bits per heavy atom. The zero-order valence-electron chi connectivity index (χ0n) is 12.2. The molecule has 3 atom stereocenters. The first kappa shape index (κ1) is 15.7. The number of allylic oxidation sites excluding steroid dienone is 1. The molecule has 0 saturated heterocycles. The minimum absolute atomic E-state index is 0.575. The second-order valence-electron chi connectivity index (χ2n) is 6.01. The Labute approximate surface area is 104 Å². The minimum Gasteiger partial charge on any atom is -0.103 e. The smallest absolute Gasteiger partial charge is 0.0265 e. The van der Waals surface area contributed by atoms with Crippen LogP contribution < -0.4 is 0 Å². The van der Waals surface area contributed by atoms with Crippen LogP contribution in [0.25, 0.3) is 0 Å². The first-order valence-corrected chi connectivity index (χ1v) is 7.10. The summed E-state index contributed by atoms with van der Waals surface area (Å²) in [4.78, 5) is 0. The van der Waals surface area contributed by atoms with E-state index in [0.717, 1.165) is 5.92 Å². The maximum atomic E-state index is 3.86. The van der Waals surface area contributed by atoms with Crippen molar-refractivity contribution in [2.45, 2.75) is 73.1 Å². The average Bonchev–Trinajstić information content (AvgIpc) is 2.26. The number of rotatable bonds is 9. The van der Waals surface area contributed by atoms with Gasteiger partial charge < -0.3 is 0 Å². The lowest BCUT2D eigenvalue weighted by Gasteiger charge is -2.31. The fourth-order valence-corrected chi connectivity index (χ4v) is 2.64. The highest BCUT2D eigenvalue weighted by atomic mass is 14.3. The zero-order chi connectivity index (χ0) is 12.6. The average molecular weight is 224 g/mol. The van der Waals surface area contributed by atoms with E-state index in [2.05, 4.69) is 47.3 Å². The van der Waals surface area contributed by atoms with Gasteiger partial charge in [-0.3, -0.25) is 0 Å². The van der Waals surface area contributed by atoms with Crippen LogP contribution in [0.15, 0.2) is 12.7 Å². The molecule has 0 saturated carbocycles. The van der Waals surface area contributed by atoms with Gasteiger partial charge in [-0.25, -0.2) is 0 Å². The van der Waals surface area contributed by atoms with E-state index in [-0.39, 0.29) is 0 Å². The highest BCUT2D eigenvalue weighted by molar-refractivity contribution is 4.78. The lowest BCUT2D eigenvalue weighted by Crippen LogP contribution is -2.19. The van der Waals surface area contributed by atoms with Crippen LogP contribution in [-0.2, 0) is 0 Å². The van der Waals surface area contributed by atoms with Crippen LogP contribution in [0.1, 0.15) is 73.1 Å². The van der Waals surface area contributed by atoms with Gasteiger partial charge in [-0.1, -0.05) is 60.0 Å². The summed E-state index contributed by atoms with van der Waals surface area (Å²) in [6.45, 7) is 15.7. The topological polar surface area (TPSA) is 0 Å².